The number of esters is 1. The molecule has 1 aromatic heterocycles. The van der Waals surface area contributed by atoms with E-state index in [-0.39, 0.29) is 23.6 Å². The molecular formula is C21H18N2O5S2. The number of nitrogens with zero attached hydrogens (tertiary/aromatic N) is 1. The molecule has 0 spiro atoms. The number of fused-ring (bicyclic) bond motifs is 3. The molecule has 30 heavy (non-hydrogen) atoms. The number of thiophene rings is 1. The van der Waals surface area contributed by atoms with Gasteiger partial charge in [0.2, 0.25) is 0 Å². The first-order valence-electron chi connectivity index (χ1n) is 9.14. The molecule has 0 atom stereocenters. The summed E-state index contributed by atoms with van der Waals surface area (Å²) >= 11 is 1.26. The summed E-state index contributed by atoms with van der Waals surface area (Å²) in [6, 6.07) is 14.4. The number of ether oxygens (including phenoxy) is 1. The molecule has 2 N–H and O–H groups in total. The van der Waals surface area contributed by atoms with E-state index in [0.29, 0.717) is 10.6 Å². The third kappa shape index (κ3) is 3.35. The zero-order chi connectivity index (χ0) is 21.5. The molecule has 1 amide bonds. The van der Waals surface area contributed by atoms with Crippen molar-refractivity contribution < 1.29 is 22.7 Å². The lowest BCUT2D eigenvalue weighted by Gasteiger charge is -2.30. The van der Waals surface area contributed by atoms with Crippen LogP contribution in [0.3, 0.4) is 0 Å². The Bertz CT molecular complexity index is 1250. The Hall–Kier alpha value is -3.17. The summed E-state index contributed by atoms with van der Waals surface area (Å²) < 4.78 is 33.1. The van der Waals surface area contributed by atoms with Gasteiger partial charge in [-0.2, -0.15) is 0 Å². The van der Waals surface area contributed by atoms with Gasteiger partial charge in [-0.25, -0.2) is 13.2 Å². The van der Waals surface area contributed by atoms with Crippen molar-refractivity contribution in [3.63, 3.8) is 0 Å². The first kappa shape index (κ1) is 20.1. The molecule has 0 fully saturated rings. The molecule has 7 nitrogen and oxygen atoms in total. The summed E-state index contributed by atoms with van der Waals surface area (Å²) in [5, 5.41) is 0. The van der Waals surface area contributed by atoms with Gasteiger partial charge in [0.25, 0.3) is 15.9 Å². The average molecular weight is 443 g/mol. The van der Waals surface area contributed by atoms with Crippen LogP contribution in [0.1, 0.15) is 32.5 Å². The maximum Gasteiger partial charge on any atom is 0.338 e. The minimum absolute atomic E-state index is 0.0548. The minimum atomic E-state index is -3.91. The van der Waals surface area contributed by atoms with Crippen LogP contribution in [-0.2, 0) is 21.3 Å². The fraction of sp³-hybridized carbons (Fsp3) is 0.143. The molecule has 2 heterocycles. The Kier molecular flexibility index (Phi) is 5.08. The first-order valence-corrected chi connectivity index (χ1v) is 11.4. The molecule has 4 rings (SSSR count). The van der Waals surface area contributed by atoms with Crippen molar-refractivity contribution in [2.45, 2.75) is 18.4 Å². The molecule has 1 aliphatic rings. The van der Waals surface area contributed by atoms with E-state index in [1.165, 1.54) is 39.9 Å². The number of carbonyl (C=O) groups excluding carboxylic acids is 2. The number of benzene rings is 2. The zero-order valence-electron chi connectivity index (χ0n) is 16.0. The van der Waals surface area contributed by atoms with E-state index in [9.17, 15) is 18.0 Å². The van der Waals surface area contributed by atoms with Gasteiger partial charge >= 0.3 is 5.97 Å². The van der Waals surface area contributed by atoms with Crippen LogP contribution in [0.5, 0.6) is 0 Å². The van der Waals surface area contributed by atoms with E-state index in [1.807, 2.05) is 12.1 Å². The van der Waals surface area contributed by atoms with Crippen molar-refractivity contribution in [3.05, 3.63) is 70.6 Å². The van der Waals surface area contributed by atoms with Crippen LogP contribution in [0.15, 0.2) is 59.5 Å². The highest BCUT2D eigenvalue weighted by Gasteiger charge is 2.33. The van der Waals surface area contributed by atoms with Gasteiger partial charge in [0.05, 0.1) is 34.2 Å². The lowest BCUT2D eigenvalue weighted by atomic mass is 10.0. The lowest BCUT2D eigenvalue weighted by molar-refractivity contribution is 0.0526. The molecule has 0 aliphatic carbocycles. The van der Waals surface area contributed by atoms with E-state index >= 15 is 0 Å². The second kappa shape index (κ2) is 7.58. The lowest BCUT2D eigenvalue weighted by Crippen LogP contribution is -2.32. The average Bonchev–Trinajstić information content (AvgIpc) is 3.18. The molecule has 0 unspecified atom stereocenters. The van der Waals surface area contributed by atoms with Crippen molar-refractivity contribution in [1.82, 2.24) is 0 Å². The largest absolute Gasteiger partial charge is 0.462 e. The van der Waals surface area contributed by atoms with Crippen molar-refractivity contribution in [2.24, 2.45) is 5.73 Å². The van der Waals surface area contributed by atoms with E-state index in [1.54, 1.807) is 25.1 Å². The smallest absolute Gasteiger partial charge is 0.338 e. The Labute approximate surface area is 177 Å². The van der Waals surface area contributed by atoms with Gasteiger partial charge in [0, 0.05) is 10.4 Å². The van der Waals surface area contributed by atoms with E-state index in [0.717, 1.165) is 16.0 Å². The fourth-order valence-corrected chi connectivity index (χ4v) is 5.86. The van der Waals surface area contributed by atoms with Gasteiger partial charge in [-0.1, -0.05) is 18.2 Å². The van der Waals surface area contributed by atoms with E-state index in [2.05, 4.69) is 0 Å². The highest BCUT2D eigenvalue weighted by Crippen LogP contribution is 2.45. The van der Waals surface area contributed by atoms with Crippen molar-refractivity contribution in [1.29, 1.82) is 0 Å². The molecule has 154 valence electrons. The van der Waals surface area contributed by atoms with Crippen LogP contribution in [-0.4, -0.2) is 26.9 Å². The predicted octanol–water partition coefficient (Wildman–Crippen LogP) is 3.40. The Morgan fingerprint density at radius 1 is 1.13 bits per heavy atom. The molecule has 9 heteroatoms. The summed E-state index contributed by atoms with van der Waals surface area (Å²) in [7, 11) is -3.91. The van der Waals surface area contributed by atoms with Gasteiger partial charge < -0.3 is 10.5 Å². The predicted molar refractivity (Wildman–Crippen MR) is 114 cm³/mol. The van der Waals surface area contributed by atoms with Crippen molar-refractivity contribution >= 4 is 38.9 Å². The summed E-state index contributed by atoms with van der Waals surface area (Å²) in [6.07, 6.45) is 0. The number of anilines is 1. The number of para-hydroxylation sites is 1. The SMILES string of the molecule is CCOC(=O)c1ccc(S(=O)(=O)N2Cc3cc(C(N)=O)sc3-c3ccccc32)cc1. The molecule has 2 aromatic carbocycles. The monoisotopic (exact) mass is 442 g/mol. The second-order valence-electron chi connectivity index (χ2n) is 6.60. The van der Waals surface area contributed by atoms with Crippen LogP contribution < -0.4 is 10.0 Å². The fourth-order valence-electron chi connectivity index (χ4n) is 3.34. The highest BCUT2D eigenvalue weighted by molar-refractivity contribution is 7.92. The molecule has 0 radical (unpaired) electrons. The third-order valence-corrected chi connectivity index (χ3v) is 7.74. The van der Waals surface area contributed by atoms with Gasteiger partial charge in [-0.3, -0.25) is 9.10 Å². The Balaban J connectivity index is 1.76. The Morgan fingerprint density at radius 2 is 1.83 bits per heavy atom. The van der Waals surface area contributed by atoms with Crippen LogP contribution in [0.25, 0.3) is 10.4 Å². The summed E-state index contributed by atoms with van der Waals surface area (Å²) in [5.74, 6) is -1.05. The number of carbonyl (C=O) groups is 2. The first-order chi connectivity index (χ1) is 14.3. The molecule has 0 saturated carbocycles. The van der Waals surface area contributed by atoms with Gasteiger partial charge in [0.15, 0.2) is 0 Å². The van der Waals surface area contributed by atoms with Crippen LogP contribution in [0, 0.1) is 0 Å². The highest BCUT2D eigenvalue weighted by atomic mass is 32.2. The van der Waals surface area contributed by atoms with Crippen molar-refractivity contribution in [3.8, 4) is 10.4 Å². The molecule has 1 aliphatic heterocycles. The number of hydrogen-bond acceptors (Lipinski definition) is 6. The molecular weight excluding hydrogens is 424 g/mol. The number of sulfonamides is 1. The topological polar surface area (TPSA) is 107 Å². The molecule has 0 bridgehead atoms. The third-order valence-electron chi connectivity index (χ3n) is 4.74. The van der Waals surface area contributed by atoms with Crippen LogP contribution in [0.2, 0.25) is 0 Å². The number of nitrogens with two attached hydrogens (primary N) is 1. The van der Waals surface area contributed by atoms with Gasteiger partial charge in [0.1, 0.15) is 0 Å². The molecule has 3 aromatic rings. The Morgan fingerprint density at radius 3 is 2.50 bits per heavy atom. The summed E-state index contributed by atoms with van der Waals surface area (Å²) in [5.41, 5.74) is 7.67. The van der Waals surface area contributed by atoms with Crippen LogP contribution in [0.4, 0.5) is 5.69 Å². The quantitative estimate of drug-likeness (QED) is 0.610. The maximum atomic E-state index is 13.4. The van der Waals surface area contributed by atoms with E-state index in [4.69, 9.17) is 10.5 Å². The summed E-state index contributed by atoms with van der Waals surface area (Å²) in [6.45, 7) is 2.02. The second-order valence-corrected chi connectivity index (χ2v) is 9.52. The normalized spacial score (nSPS) is 12.8. The van der Waals surface area contributed by atoms with Crippen LogP contribution >= 0.6 is 11.3 Å². The van der Waals surface area contributed by atoms with Crippen molar-refractivity contribution in [2.75, 3.05) is 10.9 Å². The zero-order valence-corrected chi connectivity index (χ0v) is 17.6. The maximum absolute atomic E-state index is 13.4. The number of rotatable bonds is 5. The van der Waals surface area contributed by atoms with E-state index < -0.39 is 21.9 Å². The standard InChI is InChI=1S/C21H18N2O5S2/c1-2-28-21(25)13-7-9-15(10-8-13)30(26,27)23-12-14-11-18(20(22)24)29-19(14)16-5-3-4-6-17(16)23/h3-11H,2,12H2,1H3,(H2,22,24). The van der Waals surface area contributed by atoms with Gasteiger partial charge in [-0.05, 0) is 48.9 Å². The number of primary amides is 1. The molecule has 0 saturated heterocycles. The minimum Gasteiger partial charge on any atom is -0.462 e. The summed E-state index contributed by atoms with van der Waals surface area (Å²) in [4.78, 5) is 24.7. The number of hydrogen-bond donors (Lipinski definition) is 1. The number of amides is 1. The van der Waals surface area contributed by atoms with Gasteiger partial charge in [-0.15, -0.1) is 11.3 Å².